The number of hydrogen-bond acceptors (Lipinski definition) is 4. The number of amides is 1. The molecule has 1 aliphatic carbocycles. The summed E-state index contributed by atoms with van der Waals surface area (Å²) in [4.78, 5) is 22.3. The highest BCUT2D eigenvalue weighted by atomic mass is 32.2. The highest BCUT2D eigenvalue weighted by Gasteiger charge is 2.27. The van der Waals surface area contributed by atoms with E-state index in [1.807, 2.05) is 0 Å². The van der Waals surface area contributed by atoms with Crippen molar-refractivity contribution < 1.29 is 18.0 Å². The molecule has 0 spiro atoms. The smallest absolute Gasteiger partial charge is 0.240 e. The first-order valence-corrected chi connectivity index (χ1v) is 7.77. The van der Waals surface area contributed by atoms with Gasteiger partial charge in [-0.25, -0.2) is 13.1 Å². The van der Waals surface area contributed by atoms with Crippen LogP contribution in [-0.2, 0) is 19.6 Å². The van der Waals surface area contributed by atoms with Crippen LogP contribution in [0, 0.1) is 0 Å². The van der Waals surface area contributed by atoms with Gasteiger partial charge in [-0.2, -0.15) is 0 Å². The van der Waals surface area contributed by atoms with Gasteiger partial charge in [-0.15, -0.1) is 0 Å². The number of carbonyl (C=O) groups is 2. The molecular weight excluding hydrogens is 280 g/mol. The van der Waals surface area contributed by atoms with E-state index in [2.05, 4.69) is 10.0 Å². The van der Waals surface area contributed by atoms with E-state index >= 15 is 0 Å². The lowest BCUT2D eigenvalue weighted by atomic mass is 10.2. The highest BCUT2D eigenvalue weighted by Crippen LogP contribution is 2.22. The average molecular weight is 296 g/mol. The Bertz CT molecular complexity index is 618. The zero-order chi connectivity index (χ0) is 14.8. The number of carbonyl (C=O) groups excluding carboxylic acids is 2. The normalized spacial score (nSPS) is 14.8. The summed E-state index contributed by atoms with van der Waals surface area (Å²) in [6, 6.07) is 5.90. The van der Waals surface area contributed by atoms with Crippen molar-refractivity contribution in [1.29, 1.82) is 0 Å². The largest absolute Gasteiger partial charge is 0.326 e. The van der Waals surface area contributed by atoms with Gasteiger partial charge in [0.1, 0.15) is 5.78 Å². The molecule has 108 valence electrons. The van der Waals surface area contributed by atoms with Gasteiger partial charge in [0.05, 0.1) is 11.3 Å². The Balaban J connectivity index is 2.02. The first-order valence-electron chi connectivity index (χ1n) is 6.28. The summed E-state index contributed by atoms with van der Waals surface area (Å²) in [6.07, 6.45) is 1.56. The Morgan fingerprint density at radius 3 is 2.30 bits per heavy atom. The maximum atomic E-state index is 11.9. The zero-order valence-electron chi connectivity index (χ0n) is 11.0. The van der Waals surface area contributed by atoms with Gasteiger partial charge in [-0.3, -0.25) is 9.59 Å². The predicted molar refractivity (Wildman–Crippen MR) is 73.7 cm³/mol. The van der Waals surface area contributed by atoms with Crippen LogP contribution in [0.2, 0.25) is 0 Å². The van der Waals surface area contributed by atoms with E-state index in [1.165, 1.54) is 31.2 Å². The van der Waals surface area contributed by atoms with Crippen molar-refractivity contribution in [1.82, 2.24) is 4.72 Å². The molecule has 1 amide bonds. The number of nitrogens with one attached hydrogen (secondary N) is 2. The predicted octanol–water partition coefficient (Wildman–Crippen LogP) is 1.04. The Morgan fingerprint density at radius 2 is 1.80 bits per heavy atom. The summed E-state index contributed by atoms with van der Waals surface area (Å²) >= 11 is 0. The molecule has 0 unspecified atom stereocenters. The third-order valence-corrected chi connectivity index (χ3v) is 4.29. The zero-order valence-corrected chi connectivity index (χ0v) is 11.9. The molecule has 0 bridgehead atoms. The van der Waals surface area contributed by atoms with Crippen LogP contribution in [0.3, 0.4) is 0 Å². The fourth-order valence-corrected chi connectivity index (χ4v) is 2.94. The third-order valence-electron chi connectivity index (χ3n) is 2.76. The molecule has 1 aromatic carbocycles. The van der Waals surface area contributed by atoms with Crippen molar-refractivity contribution in [3.05, 3.63) is 24.3 Å². The van der Waals surface area contributed by atoms with E-state index in [1.54, 1.807) is 0 Å². The first kappa shape index (κ1) is 14.7. The molecule has 6 nitrogen and oxygen atoms in total. The van der Waals surface area contributed by atoms with Crippen molar-refractivity contribution >= 4 is 27.4 Å². The number of Topliss-reactive ketones (excluding diaryl/α,β-unsaturated/α-hetero) is 1. The third kappa shape index (κ3) is 4.14. The van der Waals surface area contributed by atoms with Gasteiger partial charge in [0.15, 0.2) is 0 Å². The molecule has 0 saturated heterocycles. The Hall–Kier alpha value is -1.73. The number of anilines is 1. The van der Waals surface area contributed by atoms with Gasteiger partial charge in [0.25, 0.3) is 0 Å². The Morgan fingerprint density at radius 1 is 1.20 bits per heavy atom. The van der Waals surface area contributed by atoms with Crippen molar-refractivity contribution in [2.75, 3.05) is 5.32 Å². The Kier molecular flexibility index (Phi) is 4.20. The van der Waals surface area contributed by atoms with E-state index in [0.29, 0.717) is 5.69 Å². The van der Waals surface area contributed by atoms with Crippen molar-refractivity contribution in [2.24, 2.45) is 0 Å². The summed E-state index contributed by atoms with van der Waals surface area (Å²) in [5.41, 5.74) is 0.460. The standard InChI is InChI=1S/C13H16N2O4S/c1-9(16)8-13(17)14-10-4-6-12(7-5-10)20(18,19)15-11-2-3-11/h4-7,11,15H,2-3,8H2,1H3,(H,14,17). The molecule has 1 saturated carbocycles. The van der Waals surface area contributed by atoms with E-state index in [-0.39, 0.29) is 23.1 Å². The van der Waals surface area contributed by atoms with Crippen molar-refractivity contribution in [3.8, 4) is 0 Å². The monoisotopic (exact) mass is 296 g/mol. The molecule has 0 aliphatic heterocycles. The first-order chi connectivity index (χ1) is 9.37. The summed E-state index contributed by atoms with van der Waals surface area (Å²) in [5, 5.41) is 2.53. The fourth-order valence-electron chi connectivity index (χ4n) is 1.64. The number of sulfonamides is 1. The summed E-state index contributed by atoms with van der Waals surface area (Å²) < 4.78 is 26.4. The molecule has 20 heavy (non-hydrogen) atoms. The number of ketones is 1. The molecule has 0 radical (unpaired) electrons. The maximum absolute atomic E-state index is 11.9. The Labute approximate surface area is 117 Å². The average Bonchev–Trinajstić information content (AvgIpc) is 3.11. The second-order valence-electron chi connectivity index (χ2n) is 4.85. The molecule has 1 aliphatic rings. The van der Waals surface area contributed by atoms with Gasteiger partial charge in [0, 0.05) is 11.7 Å². The van der Waals surface area contributed by atoms with Crippen LogP contribution in [0.25, 0.3) is 0 Å². The lowest BCUT2D eigenvalue weighted by Crippen LogP contribution is -2.25. The highest BCUT2D eigenvalue weighted by molar-refractivity contribution is 7.89. The van der Waals surface area contributed by atoms with Crippen LogP contribution in [0.15, 0.2) is 29.2 Å². The van der Waals surface area contributed by atoms with Crippen LogP contribution in [0.4, 0.5) is 5.69 Å². The minimum Gasteiger partial charge on any atom is -0.326 e. The van der Waals surface area contributed by atoms with Gasteiger partial charge in [-0.05, 0) is 44.0 Å². The van der Waals surface area contributed by atoms with E-state index in [4.69, 9.17) is 0 Å². The molecule has 0 aromatic heterocycles. The minimum atomic E-state index is -3.48. The topological polar surface area (TPSA) is 92.3 Å². The molecular formula is C13H16N2O4S. The number of hydrogen-bond donors (Lipinski definition) is 2. The summed E-state index contributed by atoms with van der Waals surface area (Å²) in [7, 11) is -3.48. The quantitative estimate of drug-likeness (QED) is 0.767. The van der Waals surface area contributed by atoms with Gasteiger partial charge in [0.2, 0.25) is 15.9 Å². The van der Waals surface area contributed by atoms with Crippen LogP contribution < -0.4 is 10.0 Å². The van der Waals surface area contributed by atoms with Crippen LogP contribution >= 0.6 is 0 Å². The maximum Gasteiger partial charge on any atom is 0.240 e. The minimum absolute atomic E-state index is 0.0509. The van der Waals surface area contributed by atoms with Crippen molar-refractivity contribution in [3.63, 3.8) is 0 Å². The van der Waals surface area contributed by atoms with E-state index in [0.717, 1.165) is 12.8 Å². The lowest BCUT2D eigenvalue weighted by Gasteiger charge is -2.07. The van der Waals surface area contributed by atoms with Crippen LogP contribution in [0.1, 0.15) is 26.2 Å². The van der Waals surface area contributed by atoms with Gasteiger partial charge < -0.3 is 5.32 Å². The van der Waals surface area contributed by atoms with Crippen molar-refractivity contribution in [2.45, 2.75) is 37.1 Å². The SMILES string of the molecule is CC(=O)CC(=O)Nc1ccc(S(=O)(=O)NC2CC2)cc1. The van der Waals surface area contributed by atoms with Gasteiger partial charge in [-0.1, -0.05) is 0 Å². The molecule has 1 aromatic rings. The fraction of sp³-hybridized carbons (Fsp3) is 0.385. The van der Waals surface area contributed by atoms with E-state index < -0.39 is 15.9 Å². The number of rotatable bonds is 6. The van der Waals surface area contributed by atoms with Crippen LogP contribution in [-0.4, -0.2) is 26.2 Å². The molecule has 2 rings (SSSR count). The molecule has 2 N–H and O–H groups in total. The van der Waals surface area contributed by atoms with Crippen LogP contribution in [0.5, 0.6) is 0 Å². The number of benzene rings is 1. The second-order valence-corrected chi connectivity index (χ2v) is 6.56. The van der Waals surface area contributed by atoms with E-state index in [9.17, 15) is 18.0 Å². The molecule has 0 heterocycles. The van der Waals surface area contributed by atoms with Gasteiger partial charge >= 0.3 is 0 Å². The molecule has 0 atom stereocenters. The lowest BCUT2D eigenvalue weighted by molar-refractivity contribution is -0.124. The second kappa shape index (κ2) is 5.72. The molecule has 1 fully saturated rings. The summed E-state index contributed by atoms with van der Waals surface area (Å²) in [5.74, 6) is -0.639. The summed E-state index contributed by atoms with van der Waals surface area (Å²) in [6.45, 7) is 1.33. The molecule has 7 heteroatoms.